The average Bonchev–Trinajstić information content (AvgIpc) is 2.04. The second-order valence-electron chi connectivity index (χ2n) is 3.27. The first kappa shape index (κ1) is 16.5. The van der Waals surface area contributed by atoms with Crippen LogP contribution < -0.4 is 5.73 Å². The summed E-state index contributed by atoms with van der Waals surface area (Å²) >= 11 is 0. The molecule has 1 aromatic rings. The molecule has 14 heavy (non-hydrogen) atoms. The summed E-state index contributed by atoms with van der Waals surface area (Å²) in [5.74, 6) is 0. The van der Waals surface area contributed by atoms with Crippen molar-refractivity contribution in [2.75, 3.05) is 0 Å². The molecule has 0 aliphatic heterocycles. The molecule has 1 aromatic carbocycles. The van der Waals surface area contributed by atoms with Gasteiger partial charge in [-0.1, -0.05) is 24.3 Å². The molecule has 2 N–H and O–H groups in total. The zero-order valence-electron chi connectivity index (χ0n) is 7.81. The SMILES string of the molecule is Cl.Cl.Cl.NC1CCc2ccccc2C1. The maximum absolute atomic E-state index is 5.85. The Kier molecular flexibility index (Phi) is 8.66. The largest absolute Gasteiger partial charge is 0.327 e. The lowest BCUT2D eigenvalue weighted by molar-refractivity contribution is 0.576. The van der Waals surface area contributed by atoms with Gasteiger partial charge in [-0.3, -0.25) is 0 Å². The molecule has 0 spiro atoms. The zero-order valence-corrected chi connectivity index (χ0v) is 10.3. The van der Waals surface area contributed by atoms with Crippen molar-refractivity contribution in [3.63, 3.8) is 0 Å². The molecule has 0 bridgehead atoms. The molecule has 0 saturated carbocycles. The third-order valence-electron chi connectivity index (χ3n) is 2.38. The summed E-state index contributed by atoms with van der Waals surface area (Å²) in [6, 6.07) is 8.99. The van der Waals surface area contributed by atoms with Crippen LogP contribution in [0.15, 0.2) is 24.3 Å². The van der Waals surface area contributed by atoms with Crippen molar-refractivity contribution in [1.29, 1.82) is 0 Å². The summed E-state index contributed by atoms with van der Waals surface area (Å²) in [5.41, 5.74) is 8.79. The molecule has 2 rings (SSSR count). The minimum absolute atomic E-state index is 0. The minimum Gasteiger partial charge on any atom is -0.327 e. The summed E-state index contributed by atoms with van der Waals surface area (Å²) in [4.78, 5) is 0. The highest BCUT2D eigenvalue weighted by molar-refractivity contribution is 5.86. The smallest absolute Gasteiger partial charge is 0.00825 e. The molecule has 4 heteroatoms. The van der Waals surface area contributed by atoms with E-state index in [1.165, 1.54) is 11.1 Å². The number of rotatable bonds is 0. The van der Waals surface area contributed by atoms with Gasteiger partial charge in [0.25, 0.3) is 0 Å². The molecule has 1 aliphatic carbocycles. The van der Waals surface area contributed by atoms with Crippen molar-refractivity contribution in [2.45, 2.75) is 25.3 Å². The average molecular weight is 257 g/mol. The number of aryl methyl sites for hydroxylation is 1. The van der Waals surface area contributed by atoms with E-state index in [1.54, 1.807) is 0 Å². The van der Waals surface area contributed by atoms with Crippen LogP contribution in [0, 0.1) is 0 Å². The lowest BCUT2D eigenvalue weighted by Gasteiger charge is -2.20. The van der Waals surface area contributed by atoms with Crippen LogP contribution >= 0.6 is 37.2 Å². The number of benzene rings is 1. The molecule has 0 fully saturated rings. The van der Waals surface area contributed by atoms with E-state index >= 15 is 0 Å². The highest BCUT2D eigenvalue weighted by Crippen LogP contribution is 2.19. The van der Waals surface area contributed by atoms with Crippen LogP contribution in [0.25, 0.3) is 0 Å². The van der Waals surface area contributed by atoms with Crippen LogP contribution in [0.1, 0.15) is 17.5 Å². The van der Waals surface area contributed by atoms with E-state index in [0.29, 0.717) is 6.04 Å². The van der Waals surface area contributed by atoms with Crippen LogP contribution in [-0.2, 0) is 12.8 Å². The molecule has 1 aliphatic rings. The first-order valence-corrected chi connectivity index (χ1v) is 4.18. The fourth-order valence-corrected chi connectivity index (χ4v) is 1.73. The van der Waals surface area contributed by atoms with Gasteiger partial charge in [-0.25, -0.2) is 0 Å². The van der Waals surface area contributed by atoms with Crippen LogP contribution in [0.5, 0.6) is 0 Å². The quantitative estimate of drug-likeness (QED) is 0.759. The molecule has 1 unspecified atom stereocenters. The Labute approximate surface area is 104 Å². The van der Waals surface area contributed by atoms with Gasteiger partial charge >= 0.3 is 0 Å². The maximum atomic E-state index is 5.85. The molecular weight excluding hydrogens is 240 g/mol. The van der Waals surface area contributed by atoms with Crippen molar-refractivity contribution in [2.24, 2.45) is 5.73 Å². The fraction of sp³-hybridized carbons (Fsp3) is 0.400. The highest BCUT2D eigenvalue weighted by Gasteiger charge is 2.13. The zero-order chi connectivity index (χ0) is 7.68. The lowest BCUT2D eigenvalue weighted by atomic mass is 9.89. The van der Waals surface area contributed by atoms with Crippen molar-refractivity contribution in [3.05, 3.63) is 35.4 Å². The second kappa shape index (κ2) is 7.36. The van der Waals surface area contributed by atoms with Gasteiger partial charge in [0.2, 0.25) is 0 Å². The van der Waals surface area contributed by atoms with Crippen LogP contribution in [0.3, 0.4) is 0 Å². The minimum atomic E-state index is 0. The molecular formula is C10H16Cl3N. The summed E-state index contributed by atoms with van der Waals surface area (Å²) < 4.78 is 0. The number of fused-ring (bicyclic) bond motifs is 1. The van der Waals surface area contributed by atoms with Gasteiger partial charge in [0.15, 0.2) is 0 Å². The summed E-state index contributed by atoms with van der Waals surface area (Å²) in [5, 5.41) is 0. The first-order chi connectivity index (χ1) is 5.36. The number of nitrogens with two attached hydrogens (primary N) is 1. The molecule has 0 amide bonds. The molecule has 1 nitrogen and oxygen atoms in total. The summed E-state index contributed by atoms with van der Waals surface area (Å²) in [7, 11) is 0. The molecule has 0 aromatic heterocycles. The van der Waals surface area contributed by atoms with Gasteiger partial charge in [0.05, 0.1) is 0 Å². The number of hydrogen-bond acceptors (Lipinski definition) is 1. The Balaban J connectivity index is 0. The van der Waals surface area contributed by atoms with Gasteiger partial charge in [-0.15, -0.1) is 37.2 Å². The van der Waals surface area contributed by atoms with Gasteiger partial charge in [0, 0.05) is 6.04 Å². The van der Waals surface area contributed by atoms with E-state index in [-0.39, 0.29) is 37.2 Å². The monoisotopic (exact) mass is 255 g/mol. The Hall–Kier alpha value is 0.0500. The Morgan fingerprint density at radius 1 is 1.00 bits per heavy atom. The van der Waals surface area contributed by atoms with Gasteiger partial charge < -0.3 is 5.73 Å². The summed E-state index contributed by atoms with van der Waals surface area (Å²) in [6.07, 6.45) is 3.38. The number of hydrogen-bond donors (Lipinski definition) is 1. The third kappa shape index (κ3) is 3.66. The molecule has 0 heterocycles. The third-order valence-corrected chi connectivity index (χ3v) is 2.38. The first-order valence-electron chi connectivity index (χ1n) is 4.18. The molecule has 1 atom stereocenters. The van der Waals surface area contributed by atoms with Crippen LogP contribution in [0.2, 0.25) is 0 Å². The normalized spacial score (nSPS) is 17.9. The molecule has 0 radical (unpaired) electrons. The Bertz CT molecular complexity index is 265. The van der Waals surface area contributed by atoms with E-state index in [0.717, 1.165) is 19.3 Å². The lowest BCUT2D eigenvalue weighted by Crippen LogP contribution is -2.27. The Morgan fingerprint density at radius 3 is 2.21 bits per heavy atom. The van der Waals surface area contributed by atoms with Crippen molar-refractivity contribution in [3.8, 4) is 0 Å². The van der Waals surface area contributed by atoms with Crippen molar-refractivity contribution in [1.82, 2.24) is 0 Å². The van der Waals surface area contributed by atoms with E-state index < -0.39 is 0 Å². The van der Waals surface area contributed by atoms with Gasteiger partial charge in [-0.05, 0) is 30.4 Å². The second-order valence-corrected chi connectivity index (χ2v) is 3.27. The van der Waals surface area contributed by atoms with E-state index in [9.17, 15) is 0 Å². The molecule has 82 valence electrons. The maximum Gasteiger partial charge on any atom is 0.00825 e. The van der Waals surface area contributed by atoms with E-state index in [2.05, 4.69) is 24.3 Å². The van der Waals surface area contributed by atoms with Crippen molar-refractivity contribution >= 4 is 37.2 Å². The van der Waals surface area contributed by atoms with E-state index in [4.69, 9.17) is 5.73 Å². The Morgan fingerprint density at radius 2 is 1.57 bits per heavy atom. The standard InChI is InChI=1S/C10H13N.3ClH/c11-10-6-5-8-3-1-2-4-9(8)7-10;;;/h1-4,10H,5-7,11H2;3*1H. The fourth-order valence-electron chi connectivity index (χ4n) is 1.73. The van der Waals surface area contributed by atoms with Crippen molar-refractivity contribution < 1.29 is 0 Å². The van der Waals surface area contributed by atoms with Crippen LogP contribution in [-0.4, -0.2) is 6.04 Å². The molecule has 0 saturated heterocycles. The highest BCUT2D eigenvalue weighted by atomic mass is 35.5. The van der Waals surface area contributed by atoms with E-state index in [1.807, 2.05) is 0 Å². The topological polar surface area (TPSA) is 26.0 Å². The predicted molar refractivity (Wildman–Crippen MR) is 68.2 cm³/mol. The van der Waals surface area contributed by atoms with Crippen LogP contribution in [0.4, 0.5) is 0 Å². The van der Waals surface area contributed by atoms with Gasteiger partial charge in [-0.2, -0.15) is 0 Å². The predicted octanol–water partition coefficient (Wildman–Crippen LogP) is 2.77. The number of halogens is 3. The van der Waals surface area contributed by atoms with Gasteiger partial charge in [0.1, 0.15) is 0 Å². The summed E-state index contributed by atoms with van der Waals surface area (Å²) in [6.45, 7) is 0.